The molecule has 3 spiro atoms. The number of aliphatic hydroxyl groups excluding tert-OH is 2. The third kappa shape index (κ3) is 1.02. The van der Waals surface area contributed by atoms with E-state index in [1.165, 1.54) is 0 Å². The van der Waals surface area contributed by atoms with Crippen LogP contribution in [0.1, 0.15) is 47.0 Å². The van der Waals surface area contributed by atoms with Crippen molar-refractivity contribution in [3.63, 3.8) is 0 Å². The van der Waals surface area contributed by atoms with Gasteiger partial charge >= 0.3 is 0 Å². The van der Waals surface area contributed by atoms with E-state index in [0.717, 1.165) is 0 Å². The molecule has 7 aliphatic rings. The zero-order valence-corrected chi connectivity index (χ0v) is 17.0. The minimum Gasteiger partial charge on any atom is -0.392 e. The van der Waals surface area contributed by atoms with E-state index in [0.29, 0.717) is 12.8 Å². The minimum absolute atomic E-state index is 0.0582. The van der Waals surface area contributed by atoms with Gasteiger partial charge in [-0.2, -0.15) is 0 Å². The molecule has 7 rings (SSSR count). The van der Waals surface area contributed by atoms with Crippen LogP contribution in [0.15, 0.2) is 0 Å². The highest BCUT2D eigenvalue weighted by molar-refractivity contribution is 7.43. The second-order valence-corrected chi connectivity index (χ2v) is 12.5. The van der Waals surface area contributed by atoms with Crippen molar-refractivity contribution in [3.05, 3.63) is 0 Å². The number of epoxide rings is 1. The lowest BCUT2D eigenvalue weighted by atomic mass is 9.53. The van der Waals surface area contributed by atoms with Crippen molar-refractivity contribution in [2.24, 2.45) is 17.3 Å². The van der Waals surface area contributed by atoms with Crippen LogP contribution < -0.4 is 0 Å². The van der Waals surface area contributed by atoms with Gasteiger partial charge in [0.15, 0.2) is 5.60 Å². The summed E-state index contributed by atoms with van der Waals surface area (Å²) in [5.41, 5.74) is -10.0. The van der Waals surface area contributed by atoms with Crippen LogP contribution in [0, 0.1) is 17.3 Å². The molecule has 0 aromatic heterocycles. The Morgan fingerprint density at radius 3 is 2.30 bits per heavy atom. The number of rotatable bonds is 1. The summed E-state index contributed by atoms with van der Waals surface area (Å²) in [6.45, 7) is 6.93. The molecule has 6 N–H and O–H groups in total. The van der Waals surface area contributed by atoms with Gasteiger partial charge in [0.2, 0.25) is 0 Å². The molecule has 0 aromatic carbocycles. The Balaban J connectivity index is 1.77. The third-order valence-corrected chi connectivity index (χ3v) is 12.8. The molecule has 3 aliphatic heterocycles. The molecule has 0 radical (unpaired) electrons. The highest BCUT2D eigenvalue weighted by Gasteiger charge is 3.15. The molecular formula is C19H29O7P. The maximum absolute atomic E-state index is 12.4. The lowest BCUT2D eigenvalue weighted by molar-refractivity contribution is -0.289. The van der Waals surface area contributed by atoms with Gasteiger partial charge in [-0.3, -0.25) is 0 Å². The van der Waals surface area contributed by atoms with Crippen LogP contribution in [0.3, 0.4) is 0 Å². The molecule has 3 heterocycles. The first kappa shape index (κ1) is 18.0. The molecule has 7 nitrogen and oxygen atoms in total. The van der Waals surface area contributed by atoms with E-state index in [2.05, 4.69) is 0 Å². The van der Waals surface area contributed by atoms with Crippen molar-refractivity contribution >= 4 is 8.58 Å². The first-order chi connectivity index (χ1) is 12.3. The molecule has 12 unspecified atom stereocenters. The highest BCUT2D eigenvalue weighted by Crippen LogP contribution is 2.99. The lowest BCUT2D eigenvalue weighted by Gasteiger charge is -2.57. The largest absolute Gasteiger partial charge is 0.392 e. The van der Waals surface area contributed by atoms with Crippen molar-refractivity contribution in [2.75, 3.05) is 0 Å². The van der Waals surface area contributed by atoms with Gasteiger partial charge < -0.3 is 35.4 Å². The average molecular weight is 400 g/mol. The fourth-order valence-electron chi connectivity index (χ4n) is 9.07. The Morgan fingerprint density at radius 1 is 1.07 bits per heavy atom. The standard InChI is InChI=1S/C19H29O7P/c1-8(2)16(23)11(21)17(24)14-7-15(22)12(16,4)19(17,25)18(27-15)10(20)9(3)5-6-13(14,18)26-14/h8-11,20-25,27H,5-7H2,1-4H3. The molecule has 3 saturated heterocycles. The van der Waals surface area contributed by atoms with Gasteiger partial charge in [-0.15, -0.1) is 0 Å². The molecule has 152 valence electrons. The third-order valence-electron chi connectivity index (χ3n) is 10.2. The highest BCUT2D eigenvalue weighted by atomic mass is 31.1. The van der Waals surface area contributed by atoms with Crippen molar-refractivity contribution in [1.29, 1.82) is 0 Å². The molecule has 4 aliphatic carbocycles. The van der Waals surface area contributed by atoms with Crippen LogP contribution in [-0.2, 0) is 4.74 Å². The van der Waals surface area contributed by atoms with Crippen molar-refractivity contribution in [3.8, 4) is 0 Å². The van der Waals surface area contributed by atoms with Crippen LogP contribution >= 0.6 is 8.58 Å². The summed E-state index contributed by atoms with van der Waals surface area (Å²) < 4.78 is 6.22. The molecular weight excluding hydrogens is 371 g/mol. The van der Waals surface area contributed by atoms with Crippen molar-refractivity contribution in [2.45, 2.75) is 97.7 Å². The number of aliphatic hydroxyl groups is 6. The van der Waals surface area contributed by atoms with Gasteiger partial charge in [0, 0.05) is 6.42 Å². The molecule has 8 heteroatoms. The van der Waals surface area contributed by atoms with Gasteiger partial charge in [0.25, 0.3) is 0 Å². The summed E-state index contributed by atoms with van der Waals surface area (Å²) in [6, 6.07) is 0. The maximum Gasteiger partial charge on any atom is 0.155 e. The Morgan fingerprint density at radius 2 is 1.70 bits per heavy atom. The summed E-state index contributed by atoms with van der Waals surface area (Å²) in [6.07, 6.45) is -1.39. The van der Waals surface area contributed by atoms with E-state index >= 15 is 0 Å². The van der Waals surface area contributed by atoms with E-state index in [9.17, 15) is 30.6 Å². The van der Waals surface area contributed by atoms with E-state index < -0.39 is 62.0 Å². The second-order valence-electron chi connectivity index (χ2n) is 10.7. The Kier molecular flexibility index (Phi) is 2.59. The molecule has 27 heavy (non-hydrogen) atoms. The average Bonchev–Trinajstić information content (AvgIpc) is 3.20. The number of ether oxygens (including phenoxy) is 1. The molecule has 4 saturated carbocycles. The second kappa shape index (κ2) is 3.90. The van der Waals surface area contributed by atoms with Crippen LogP contribution in [-0.4, -0.2) is 81.4 Å². The Hall–Kier alpha value is 0.150. The Labute approximate surface area is 159 Å². The quantitative estimate of drug-likeness (QED) is 0.247. The molecule has 6 bridgehead atoms. The predicted octanol–water partition coefficient (Wildman–Crippen LogP) is -0.948. The zero-order valence-electron chi connectivity index (χ0n) is 16.0. The number of hydrogen-bond donors (Lipinski definition) is 6. The minimum atomic E-state index is -2.14. The van der Waals surface area contributed by atoms with Crippen LogP contribution in [0.2, 0.25) is 0 Å². The summed E-state index contributed by atoms with van der Waals surface area (Å²) in [7, 11) is -0.293. The SMILES string of the molecule is CC1CCC23OC24CC2(O)PC3(C1O)C1(O)C4(O)C(O)C(O)(C(C)C)C21C. The molecule has 0 aromatic rings. The van der Waals surface area contributed by atoms with E-state index in [-0.39, 0.29) is 20.9 Å². The number of hydrogen-bond acceptors (Lipinski definition) is 7. The maximum atomic E-state index is 12.4. The first-order valence-electron chi connectivity index (χ1n) is 10.0. The van der Waals surface area contributed by atoms with Gasteiger partial charge in [-0.25, -0.2) is 0 Å². The first-order valence-corrected chi connectivity index (χ1v) is 11.0. The monoisotopic (exact) mass is 400 g/mol. The fraction of sp³-hybridized carbons (Fsp3) is 1.00. The van der Waals surface area contributed by atoms with Crippen molar-refractivity contribution < 1.29 is 35.4 Å². The van der Waals surface area contributed by atoms with Crippen molar-refractivity contribution in [1.82, 2.24) is 0 Å². The topological polar surface area (TPSA) is 134 Å². The van der Waals surface area contributed by atoms with Crippen LogP contribution in [0.5, 0.6) is 0 Å². The summed E-state index contributed by atoms with van der Waals surface area (Å²) >= 11 is 0. The summed E-state index contributed by atoms with van der Waals surface area (Å²) in [5, 5.41) is 68.0. The van der Waals surface area contributed by atoms with E-state index in [1.54, 1.807) is 20.8 Å². The normalized spacial score (nSPS) is 76.3. The summed E-state index contributed by atoms with van der Waals surface area (Å²) in [4.78, 5) is 0. The predicted molar refractivity (Wildman–Crippen MR) is 95.4 cm³/mol. The van der Waals surface area contributed by atoms with Gasteiger partial charge in [-0.05, 0) is 24.7 Å². The van der Waals surface area contributed by atoms with Crippen LogP contribution in [0.25, 0.3) is 0 Å². The summed E-state index contributed by atoms with van der Waals surface area (Å²) in [5.74, 6) is -0.685. The Bertz CT molecular complexity index is 809. The van der Waals surface area contributed by atoms with Gasteiger partial charge in [-0.1, -0.05) is 36.3 Å². The zero-order chi connectivity index (χ0) is 19.8. The lowest BCUT2D eigenvalue weighted by Crippen LogP contribution is -2.76. The van der Waals surface area contributed by atoms with Crippen LogP contribution in [0.4, 0.5) is 0 Å². The fourth-order valence-corrected chi connectivity index (χ4v) is 12.3. The smallest absolute Gasteiger partial charge is 0.155 e. The van der Waals surface area contributed by atoms with E-state index in [1.807, 2.05) is 6.92 Å². The molecule has 0 amide bonds. The van der Waals surface area contributed by atoms with E-state index in [4.69, 9.17) is 4.74 Å². The van der Waals surface area contributed by atoms with Gasteiger partial charge in [0.05, 0.1) is 22.0 Å². The molecule has 12 atom stereocenters. The molecule has 7 fully saturated rings. The van der Waals surface area contributed by atoms with Gasteiger partial charge in [0.1, 0.15) is 28.5 Å².